The minimum atomic E-state index is -1.09. The van der Waals surface area contributed by atoms with Crippen LogP contribution in [0.4, 0.5) is 5.82 Å². The van der Waals surface area contributed by atoms with Crippen molar-refractivity contribution in [2.75, 3.05) is 18.7 Å². The number of benzene rings is 1. The van der Waals surface area contributed by atoms with Crippen molar-refractivity contribution in [3.63, 3.8) is 0 Å². The van der Waals surface area contributed by atoms with E-state index in [1.807, 2.05) is 0 Å². The quantitative estimate of drug-likeness (QED) is 0.683. The highest BCUT2D eigenvalue weighted by molar-refractivity contribution is 5.96. The van der Waals surface area contributed by atoms with Gasteiger partial charge in [-0.3, -0.25) is 9.59 Å². The van der Waals surface area contributed by atoms with Gasteiger partial charge < -0.3 is 29.7 Å². The minimum absolute atomic E-state index is 0.0321. The van der Waals surface area contributed by atoms with E-state index < -0.39 is 24.5 Å². The zero-order chi connectivity index (χ0) is 16.9. The van der Waals surface area contributed by atoms with Crippen LogP contribution >= 0.6 is 0 Å². The fourth-order valence-corrected chi connectivity index (χ4v) is 2.17. The molecule has 9 nitrogen and oxygen atoms in total. The molecule has 9 heteroatoms. The van der Waals surface area contributed by atoms with Crippen molar-refractivity contribution in [1.82, 2.24) is 10.5 Å². The van der Waals surface area contributed by atoms with Crippen molar-refractivity contribution in [1.29, 1.82) is 0 Å². The van der Waals surface area contributed by atoms with Crippen LogP contribution in [0.5, 0.6) is 11.5 Å². The lowest BCUT2D eigenvalue weighted by Crippen LogP contribution is -2.46. The summed E-state index contributed by atoms with van der Waals surface area (Å²) in [6, 6.07) is 5.50. The maximum absolute atomic E-state index is 12.1. The normalized spacial score (nSPS) is 13.4. The highest BCUT2D eigenvalue weighted by Crippen LogP contribution is 2.32. The van der Waals surface area contributed by atoms with Crippen LogP contribution in [-0.2, 0) is 16.0 Å². The fourth-order valence-electron chi connectivity index (χ4n) is 2.17. The second-order valence-corrected chi connectivity index (χ2v) is 5.04. The molecule has 3 rings (SSSR count). The first-order valence-electron chi connectivity index (χ1n) is 7.15. The molecule has 24 heavy (non-hydrogen) atoms. The summed E-state index contributed by atoms with van der Waals surface area (Å²) >= 11 is 0. The van der Waals surface area contributed by atoms with E-state index in [9.17, 15) is 14.7 Å². The van der Waals surface area contributed by atoms with Gasteiger partial charge in [-0.2, -0.15) is 0 Å². The SMILES string of the molecule is O=C(Cc1ccc2c(c1)OCO2)NC(CO)C(=O)Nc1ccon1. The Morgan fingerprint density at radius 3 is 2.83 bits per heavy atom. The molecule has 0 spiro atoms. The molecule has 0 radical (unpaired) electrons. The van der Waals surface area contributed by atoms with E-state index >= 15 is 0 Å². The molecule has 1 aliphatic heterocycles. The summed E-state index contributed by atoms with van der Waals surface area (Å²) in [5, 5.41) is 17.7. The number of aliphatic hydroxyl groups is 1. The summed E-state index contributed by atoms with van der Waals surface area (Å²) < 4.78 is 15.0. The van der Waals surface area contributed by atoms with Crippen molar-refractivity contribution < 1.29 is 28.7 Å². The van der Waals surface area contributed by atoms with Gasteiger partial charge in [0.05, 0.1) is 13.0 Å². The fraction of sp³-hybridized carbons (Fsp3) is 0.267. The summed E-state index contributed by atoms with van der Waals surface area (Å²) in [6.07, 6.45) is 1.33. The molecule has 0 aliphatic carbocycles. The molecule has 2 amide bonds. The smallest absolute Gasteiger partial charge is 0.250 e. The maximum atomic E-state index is 12.1. The predicted octanol–water partition coefficient (Wildman–Crippen LogP) is 0.0616. The number of amides is 2. The second-order valence-electron chi connectivity index (χ2n) is 5.04. The van der Waals surface area contributed by atoms with Crippen LogP contribution in [0, 0.1) is 0 Å². The molecule has 0 fully saturated rings. The Hall–Kier alpha value is -3.07. The number of carbonyl (C=O) groups excluding carboxylic acids is 2. The highest BCUT2D eigenvalue weighted by atomic mass is 16.7. The Morgan fingerprint density at radius 2 is 2.08 bits per heavy atom. The molecule has 0 bridgehead atoms. The van der Waals surface area contributed by atoms with Gasteiger partial charge in [-0.25, -0.2) is 0 Å². The second kappa shape index (κ2) is 7.01. The molecule has 1 atom stereocenters. The number of ether oxygens (including phenoxy) is 2. The van der Waals surface area contributed by atoms with Gasteiger partial charge in [0.1, 0.15) is 12.3 Å². The number of anilines is 1. The van der Waals surface area contributed by atoms with Gasteiger partial charge in [-0.1, -0.05) is 11.2 Å². The van der Waals surface area contributed by atoms with Gasteiger partial charge in [0.2, 0.25) is 12.7 Å². The Morgan fingerprint density at radius 1 is 1.25 bits per heavy atom. The van der Waals surface area contributed by atoms with Gasteiger partial charge in [0.25, 0.3) is 5.91 Å². The molecule has 0 saturated carbocycles. The summed E-state index contributed by atoms with van der Waals surface area (Å²) in [4.78, 5) is 24.1. The zero-order valence-corrected chi connectivity index (χ0v) is 12.5. The van der Waals surface area contributed by atoms with Crippen LogP contribution in [0.1, 0.15) is 5.56 Å². The van der Waals surface area contributed by atoms with Crippen molar-refractivity contribution in [3.8, 4) is 11.5 Å². The number of rotatable bonds is 6. The number of nitrogens with one attached hydrogen (secondary N) is 2. The third kappa shape index (κ3) is 3.63. The molecule has 1 unspecified atom stereocenters. The largest absolute Gasteiger partial charge is 0.454 e. The molecule has 126 valence electrons. The van der Waals surface area contributed by atoms with Crippen LogP contribution in [0.2, 0.25) is 0 Å². The first-order chi connectivity index (χ1) is 11.7. The Labute approximate surface area is 136 Å². The van der Waals surface area contributed by atoms with Crippen LogP contribution < -0.4 is 20.1 Å². The number of hydrogen-bond acceptors (Lipinski definition) is 7. The van der Waals surface area contributed by atoms with E-state index in [0.29, 0.717) is 17.1 Å². The predicted molar refractivity (Wildman–Crippen MR) is 80.4 cm³/mol. The van der Waals surface area contributed by atoms with E-state index in [1.165, 1.54) is 12.3 Å². The molecular weight excluding hydrogens is 318 g/mol. The lowest BCUT2D eigenvalue weighted by atomic mass is 10.1. The zero-order valence-electron chi connectivity index (χ0n) is 12.5. The molecule has 1 aliphatic rings. The van der Waals surface area contributed by atoms with Gasteiger partial charge in [0.15, 0.2) is 17.3 Å². The number of nitrogens with zero attached hydrogens (tertiary/aromatic N) is 1. The Bertz CT molecular complexity index is 731. The number of aliphatic hydroxyl groups excluding tert-OH is 1. The summed E-state index contributed by atoms with van der Waals surface area (Å²) in [7, 11) is 0. The molecule has 1 aromatic carbocycles. The number of hydrogen-bond donors (Lipinski definition) is 3. The van der Waals surface area contributed by atoms with Crippen molar-refractivity contribution in [3.05, 3.63) is 36.1 Å². The first kappa shape index (κ1) is 15.8. The maximum Gasteiger partial charge on any atom is 0.250 e. The van der Waals surface area contributed by atoms with E-state index in [-0.39, 0.29) is 19.0 Å². The topological polar surface area (TPSA) is 123 Å². The van der Waals surface area contributed by atoms with E-state index in [2.05, 4.69) is 20.3 Å². The van der Waals surface area contributed by atoms with Gasteiger partial charge in [-0.05, 0) is 17.7 Å². The third-order valence-electron chi connectivity index (χ3n) is 3.33. The average Bonchev–Trinajstić information content (AvgIpc) is 3.23. The molecule has 2 heterocycles. The third-order valence-corrected chi connectivity index (χ3v) is 3.33. The Balaban J connectivity index is 1.57. The van der Waals surface area contributed by atoms with E-state index in [4.69, 9.17) is 9.47 Å². The van der Waals surface area contributed by atoms with Crippen LogP contribution in [0.25, 0.3) is 0 Å². The van der Waals surface area contributed by atoms with Crippen molar-refractivity contribution >= 4 is 17.6 Å². The summed E-state index contributed by atoms with van der Waals surface area (Å²) in [5.74, 6) is 0.388. The molecular formula is C15H15N3O6. The van der Waals surface area contributed by atoms with E-state index in [0.717, 1.165) is 0 Å². The summed E-state index contributed by atoms with van der Waals surface area (Å²) in [6.45, 7) is -0.393. The number of carbonyl (C=O) groups is 2. The highest BCUT2D eigenvalue weighted by Gasteiger charge is 2.21. The van der Waals surface area contributed by atoms with Crippen molar-refractivity contribution in [2.45, 2.75) is 12.5 Å². The minimum Gasteiger partial charge on any atom is -0.454 e. The number of aromatic nitrogens is 1. The standard InChI is InChI=1S/C15H15N3O6/c19-7-10(15(21)17-13-3-4-24-18-13)16-14(20)6-9-1-2-11-12(5-9)23-8-22-11/h1-5,10,19H,6-8H2,(H,16,20)(H,17,18,21). The van der Waals surface area contributed by atoms with Crippen LogP contribution in [-0.4, -0.2) is 41.5 Å². The van der Waals surface area contributed by atoms with Crippen LogP contribution in [0.3, 0.4) is 0 Å². The number of fused-ring (bicyclic) bond motifs is 1. The Kier molecular flexibility index (Phi) is 4.62. The van der Waals surface area contributed by atoms with Crippen molar-refractivity contribution in [2.24, 2.45) is 0 Å². The monoisotopic (exact) mass is 333 g/mol. The molecule has 1 aromatic heterocycles. The van der Waals surface area contributed by atoms with Crippen LogP contribution in [0.15, 0.2) is 35.1 Å². The molecule has 0 saturated heterocycles. The molecule has 3 N–H and O–H groups in total. The van der Waals surface area contributed by atoms with Gasteiger partial charge in [-0.15, -0.1) is 0 Å². The molecule has 2 aromatic rings. The lowest BCUT2D eigenvalue weighted by Gasteiger charge is -2.15. The summed E-state index contributed by atoms with van der Waals surface area (Å²) in [5.41, 5.74) is 0.699. The van der Waals surface area contributed by atoms with Gasteiger partial charge >= 0.3 is 0 Å². The average molecular weight is 333 g/mol. The van der Waals surface area contributed by atoms with E-state index in [1.54, 1.807) is 18.2 Å². The lowest BCUT2D eigenvalue weighted by molar-refractivity contribution is -0.126. The first-order valence-corrected chi connectivity index (χ1v) is 7.15. The van der Waals surface area contributed by atoms with Gasteiger partial charge in [0, 0.05) is 6.07 Å².